The number of allylic oxidation sites excluding steroid dienone is 3. The van der Waals surface area contributed by atoms with Gasteiger partial charge in [-0.1, -0.05) is 121 Å². The van der Waals surface area contributed by atoms with Crippen LogP contribution in [0.5, 0.6) is 0 Å². The van der Waals surface area contributed by atoms with Crippen LogP contribution in [0.3, 0.4) is 0 Å². The lowest BCUT2D eigenvalue weighted by atomic mass is 9.87. The zero-order valence-electron chi connectivity index (χ0n) is 28.1. The summed E-state index contributed by atoms with van der Waals surface area (Å²) in [5.74, 6) is 0.910. The molecule has 1 aromatic heterocycles. The molecular formula is C46H40N4. The third-order valence-corrected chi connectivity index (χ3v) is 10.5. The average molecular weight is 649 g/mol. The Morgan fingerprint density at radius 2 is 1.50 bits per heavy atom. The van der Waals surface area contributed by atoms with Gasteiger partial charge in [-0.15, -0.1) is 0 Å². The maximum absolute atomic E-state index is 6.61. The molecule has 0 radical (unpaired) electrons. The molecule has 4 nitrogen and oxygen atoms in total. The summed E-state index contributed by atoms with van der Waals surface area (Å²) in [6.45, 7) is 0. The number of fused-ring (bicyclic) bond motifs is 6. The Labute approximate surface area is 294 Å². The first-order valence-corrected chi connectivity index (χ1v) is 17.9. The van der Waals surface area contributed by atoms with Gasteiger partial charge in [0, 0.05) is 45.7 Å². The number of benzene rings is 5. The minimum absolute atomic E-state index is 0.390. The van der Waals surface area contributed by atoms with Crippen LogP contribution in [0.2, 0.25) is 0 Å². The van der Waals surface area contributed by atoms with Crippen molar-refractivity contribution in [2.45, 2.75) is 44.1 Å². The lowest BCUT2D eigenvalue weighted by Crippen LogP contribution is -2.31. The second-order valence-electron chi connectivity index (χ2n) is 13.6. The molecule has 9 rings (SSSR count). The lowest BCUT2D eigenvalue weighted by molar-refractivity contribution is 0.565. The van der Waals surface area contributed by atoms with Crippen molar-refractivity contribution in [3.8, 4) is 5.69 Å². The number of hydrogen-bond donors (Lipinski definition) is 1. The first-order chi connectivity index (χ1) is 24.7. The molecule has 0 spiro atoms. The molecule has 0 amide bonds. The van der Waals surface area contributed by atoms with Crippen molar-refractivity contribution in [3.05, 3.63) is 185 Å². The van der Waals surface area contributed by atoms with Crippen molar-refractivity contribution in [2.24, 2.45) is 10.7 Å². The topological polar surface area (TPSA) is 46.5 Å². The van der Waals surface area contributed by atoms with Gasteiger partial charge in [0.05, 0.1) is 11.2 Å². The maximum Gasteiger partial charge on any atom is 0.131 e. The maximum atomic E-state index is 6.61. The molecule has 1 aliphatic heterocycles. The normalized spacial score (nSPS) is 18.3. The fourth-order valence-corrected chi connectivity index (χ4v) is 8.28. The van der Waals surface area contributed by atoms with Gasteiger partial charge in [0.25, 0.3) is 0 Å². The van der Waals surface area contributed by atoms with Crippen LogP contribution in [0.1, 0.15) is 58.7 Å². The van der Waals surface area contributed by atoms with Gasteiger partial charge in [-0.05, 0) is 90.8 Å². The fraction of sp³-hybridized carbons (Fsp3) is 0.152. The summed E-state index contributed by atoms with van der Waals surface area (Å²) in [4.78, 5) is 7.63. The lowest BCUT2D eigenvalue weighted by Gasteiger charge is -2.32. The summed E-state index contributed by atoms with van der Waals surface area (Å²) < 4.78 is 2.49. The average Bonchev–Trinajstić information content (AvgIpc) is 3.70. The second kappa shape index (κ2) is 12.9. The molecular weight excluding hydrogens is 609 g/mol. The third-order valence-electron chi connectivity index (χ3n) is 10.5. The minimum Gasteiger partial charge on any atom is -0.383 e. The first-order valence-electron chi connectivity index (χ1n) is 17.9. The van der Waals surface area contributed by atoms with E-state index in [4.69, 9.17) is 10.7 Å². The Hall–Kier alpha value is -5.87. The zero-order valence-corrected chi connectivity index (χ0v) is 28.1. The molecule has 0 saturated carbocycles. The number of nitrogens with zero attached hydrogens (tertiary/aromatic N) is 3. The molecule has 0 saturated heterocycles. The molecule has 5 aromatic carbocycles. The quantitative estimate of drug-likeness (QED) is 0.106. The van der Waals surface area contributed by atoms with Crippen molar-refractivity contribution < 1.29 is 0 Å². The van der Waals surface area contributed by atoms with E-state index in [0.717, 1.165) is 42.5 Å². The predicted molar refractivity (Wildman–Crippen MR) is 209 cm³/mol. The number of aryl methyl sites for hydroxylation is 1. The van der Waals surface area contributed by atoms with E-state index in [-0.39, 0.29) is 0 Å². The van der Waals surface area contributed by atoms with E-state index in [9.17, 15) is 0 Å². The predicted octanol–water partition coefficient (Wildman–Crippen LogP) is 10.5. The molecule has 2 atom stereocenters. The van der Waals surface area contributed by atoms with Crippen molar-refractivity contribution in [3.63, 3.8) is 0 Å². The molecule has 6 aromatic rings. The number of aromatic nitrogens is 1. The summed E-state index contributed by atoms with van der Waals surface area (Å²) in [5, 5.41) is 1.35. The Kier molecular flexibility index (Phi) is 7.77. The van der Waals surface area contributed by atoms with E-state index in [1.54, 1.807) is 0 Å². The highest BCUT2D eigenvalue weighted by Gasteiger charge is 2.38. The number of rotatable bonds is 7. The van der Waals surface area contributed by atoms with Crippen LogP contribution in [0.25, 0.3) is 28.4 Å². The number of para-hydroxylation sites is 2. The first kappa shape index (κ1) is 30.2. The summed E-state index contributed by atoms with van der Waals surface area (Å²) in [5.41, 5.74) is 19.8. The smallest absolute Gasteiger partial charge is 0.131 e. The van der Waals surface area contributed by atoms with Crippen molar-refractivity contribution >= 4 is 39.9 Å². The number of anilines is 2. The molecule has 244 valence electrons. The number of hydrogen-bond acceptors (Lipinski definition) is 2. The highest BCUT2D eigenvalue weighted by Crippen LogP contribution is 2.49. The Bertz CT molecular complexity index is 2320. The van der Waals surface area contributed by atoms with Gasteiger partial charge in [0.1, 0.15) is 5.84 Å². The minimum atomic E-state index is 0.390. The third kappa shape index (κ3) is 5.38. The van der Waals surface area contributed by atoms with Gasteiger partial charge in [0.2, 0.25) is 0 Å². The van der Waals surface area contributed by atoms with Crippen molar-refractivity contribution in [1.82, 2.24) is 4.57 Å². The van der Waals surface area contributed by atoms with E-state index < -0.39 is 0 Å². The van der Waals surface area contributed by atoms with E-state index in [1.165, 1.54) is 50.3 Å². The van der Waals surface area contributed by atoms with Crippen molar-refractivity contribution in [2.75, 3.05) is 4.90 Å². The van der Waals surface area contributed by atoms with Crippen LogP contribution < -0.4 is 10.6 Å². The van der Waals surface area contributed by atoms with Crippen LogP contribution in [0, 0.1) is 0 Å². The van der Waals surface area contributed by atoms with E-state index >= 15 is 0 Å². The van der Waals surface area contributed by atoms with Gasteiger partial charge >= 0.3 is 0 Å². The summed E-state index contributed by atoms with van der Waals surface area (Å²) in [6, 6.07) is 45.9. The largest absolute Gasteiger partial charge is 0.383 e. The molecule has 0 fully saturated rings. The van der Waals surface area contributed by atoms with Gasteiger partial charge < -0.3 is 15.2 Å². The van der Waals surface area contributed by atoms with Crippen LogP contribution in [-0.4, -0.2) is 16.4 Å². The van der Waals surface area contributed by atoms with Crippen LogP contribution >= 0.6 is 0 Å². The molecule has 3 aliphatic rings. The van der Waals surface area contributed by atoms with E-state index in [1.807, 2.05) is 36.4 Å². The molecule has 2 aliphatic carbocycles. The van der Waals surface area contributed by atoms with Crippen molar-refractivity contribution in [1.29, 1.82) is 0 Å². The highest BCUT2D eigenvalue weighted by atomic mass is 15.2. The number of amidine groups is 1. The zero-order chi connectivity index (χ0) is 33.4. The molecule has 4 heteroatoms. The van der Waals surface area contributed by atoms with Gasteiger partial charge in [-0.2, -0.15) is 0 Å². The Balaban J connectivity index is 1.22. The van der Waals surface area contributed by atoms with E-state index in [0.29, 0.717) is 24.2 Å². The summed E-state index contributed by atoms with van der Waals surface area (Å²) >= 11 is 0. The second-order valence-corrected chi connectivity index (χ2v) is 13.6. The van der Waals surface area contributed by atoms with Crippen LogP contribution in [0.4, 0.5) is 11.4 Å². The highest BCUT2D eigenvalue weighted by molar-refractivity contribution is 6.00. The number of nitrogens with two attached hydrogens (primary N) is 1. The van der Waals surface area contributed by atoms with Gasteiger partial charge in [0.15, 0.2) is 0 Å². The molecule has 2 N–H and O–H groups in total. The number of aliphatic imine (C=N–C) groups is 1. The standard InChI is InChI=1S/C46H40N4/c47-46(34-17-5-2-6-18-34)48-41(33-15-3-1-4-16-33)28-27-32-29-35(49-42-23-11-7-19-37(42)38-20-8-12-24-43(38)49)31-36(30-32)50-44-25-13-9-21-39(44)40-22-10-14-26-45(40)50/h1-9,11,13-21,23,25-26,28-31,38,43H,10,12,22,24,27H2,(H2,47,48)/b41-28-. The van der Waals surface area contributed by atoms with Crippen LogP contribution in [0.15, 0.2) is 157 Å². The van der Waals surface area contributed by atoms with E-state index in [2.05, 4.69) is 131 Å². The SMILES string of the molecule is NC(=N/C(=C\Cc1cc(N2c3ccccc3C3C=CCCC32)cc(-n2c3c(c4ccccc42)CCC=C3)c1)c1ccccc1)c1ccccc1. The van der Waals surface area contributed by atoms with Crippen LogP contribution in [-0.2, 0) is 12.8 Å². The molecule has 2 heterocycles. The Morgan fingerprint density at radius 3 is 2.36 bits per heavy atom. The summed E-state index contributed by atoms with van der Waals surface area (Å²) in [6.07, 6.45) is 16.8. The molecule has 50 heavy (non-hydrogen) atoms. The summed E-state index contributed by atoms with van der Waals surface area (Å²) in [7, 11) is 0. The Morgan fingerprint density at radius 1 is 0.760 bits per heavy atom. The van der Waals surface area contributed by atoms with Gasteiger partial charge in [-0.3, -0.25) is 0 Å². The monoisotopic (exact) mass is 648 g/mol. The van der Waals surface area contributed by atoms with Gasteiger partial charge in [-0.25, -0.2) is 4.99 Å². The molecule has 0 bridgehead atoms. The molecule has 2 unspecified atom stereocenters. The fourth-order valence-electron chi connectivity index (χ4n) is 8.28.